The molecule has 0 amide bonds. The first-order valence-electron chi connectivity index (χ1n) is 7.80. The van der Waals surface area contributed by atoms with Crippen molar-refractivity contribution in [1.29, 1.82) is 0 Å². The lowest BCUT2D eigenvalue weighted by molar-refractivity contribution is 0.106. The zero-order chi connectivity index (χ0) is 13.2. The van der Waals surface area contributed by atoms with E-state index in [0.717, 1.165) is 18.5 Å². The number of hydrogen-bond donors (Lipinski definition) is 1. The number of piperazine rings is 1. The Morgan fingerprint density at radius 3 is 2.74 bits per heavy atom. The van der Waals surface area contributed by atoms with Gasteiger partial charge in [-0.3, -0.25) is 4.90 Å². The number of rotatable bonds is 4. The van der Waals surface area contributed by atoms with E-state index in [9.17, 15) is 0 Å². The molecule has 1 aromatic carbocycles. The van der Waals surface area contributed by atoms with Gasteiger partial charge in [-0.15, -0.1) is 0 Å². The van der Waals surface area contributed by atoms with Crippen molar-refractivity contribution in [1.82, 2.24) is 10.2 Å². The van der Waals surface area contributed by atoms with E-state index in [4.69, 9.17) is 0 Å². The van der Waals surface area contributed by atoms with Gasteiger partial charge in [0, 0.05) is 31.7 Å². The molecule has 0 spiro atoms. The zero-order valence-electron chi connectivity index (χ0n) is 12.2. The molecule has 0 radical (unpaired) electrons. The van der Waals surface area contributed by atoms with Crippen LogP contribution in [0.3, 0.4) is 0 Å². The van der Waals surface area contributed by atoms with E-state index in [-0.39, 0.29) is 0 Å². The largest absolute Gasteiger partial charge is 0.311 e. The minimum atomic E-state index is 0.680. The van der Waals surface area contributed by atoms with Gasteiger partial charge in [0.2, 0.25) is 0 Å². The molecule has 1 heterocycles. The minimum Gasteiger partial charge on any atom is -0.311 e. The molecule has 3 rings (SSSR count). The second-order valence-electron chi connectivity index (χ2n) is 6.27. The third-order valence-corrected chi connectivity index (χ3v) is 4.83. The van der Waals surface area contributed by atoms with Crippen molar-refractivity contribution >= 4 is 0 Å². The first kappa shape index (κ1) is 13.1. The Balaban J connectivity index is 1.73. The van der Waals surface area contributed by atoms with Crippen molar-refractivity contribution in [3.05, 3.63) is 35.4 Å². The average molecular weight is 258 g/mol. The third kappa shape index (κ3) is 3.01. The van der Waals surface area contributed by atoms with Crippen LogP contribution in [0, 0.1) is 12.8 Å². The maximum Gasteiger partial charge on any atom is 0.0253 e. The molecular formula is C17H26N2. The fourth-order valence-electron chi connectivity index (χ4n) is 3.31. The quantitative estimate of drug-likeness (QED) is 0.893. The van der Waals surface area contributed by atoms with Crippen molar-refractivity contribution in [3.63, 3.8) is 0 Å². The summed E-state index contributed by atoms with van der Waals surface area (Å²) in [6, 6.07) is 10.3. The Labute approximate surface area is 117 Å². The predicted molar refractivity (Wildman–Crippen MR) is 80.2 cm³/mol. The lowest BCUT2D eigenvalue weighted by Crippen LogP contribution is -2.56. The van der Waals surface area contributed by atoms with Crippen molar-refractivity contribution in [2.24, 2.45) is 5.92 Å². The zero-order valence-corrected chi connectivity index (χ0v) is 12.2. The maximum atomic E-state index is 3.73. The van der Waals surface area contributed by atoms with Gasteiger partial charge in [-0.1, -0.05) is 31.2 Å². The van der Waals surface area contributed by atoms with Crippen LogP contribution in [0.1, 0.15) is 37.3 Å². The molecule has 1 saturated heterocycles. The minimum absolute atomic E-state index is 0.680. The molecule has 2 nitrogen and oxygen atoms in total. The van der Waals surface area contributed by atoms with Crippen molar-refractivity contribution in [2.45, 2.75) is 51.7 Å². The summed E-state index contributed by atoms with van der Waals surface area (Å²) in [5.41, 5.74) is 2.94. The summed E-state index contributed by atoms with van der Waals surface area (Å²) in [6.45, 7) is 8.06. The molecular weight excluding hydrogens is 232 g/mol. The first-order valence-corrected chi connectivity index (χ1v) is 7.80. The van der Waals surface area contributed by atoms with E-state index in [0.29, 0.717) is 6.04 Å². The van der Waals surface area contributed by atoms with Gasteiger partial charge in [0.05, 0.1) is 0 Å². The highest BCUT2D eigenvalue weighted by molar-refractivity contribution is 5.25. The summed E-state index contributed by atoms with van der Waals surface area (Å²) >= 11 is 0. The first-order chi connectivity index (χ1) is 9.28. The van der Waals surface area contributed by atoms with E-state index < -0.39 is 0 Å². The Kier molecular flexibility index (Phi) is 3.90. The smallest absolute Gasteiger partial charge is 0.0253 e. The number of nitrogens with zero attached hydrogens (tertiary/aromatic N) is 1. The molecule has 0 aromatic heterocycles. The van der Waals surface area contributed by atoms with Crippen LogP contribution >= 0.6 is 0 Å². The maximum absolute atomic E-state index is 3.73. The Morgan fingerprint density at radius 1 is 1.26 bits per heavy atom. The third-order valence-electron chi connectivity index (χ3n) is 4.83. The SMILES string of the molecule is CCC1CN(Cc2ccccc2C)C(C2CC2)CN1. The van der Waals surface area contributed by atoms with Crippen molar-refractivity contribution in [2.75, 3.05) is 13.1 Å². The lowest BCUT2D eigenvalue weighted by Gasteiger charge is -2.41. The molecule has 1 N–H and O–H groups in total. The van der Waals surface area contributed by atoms with Crippen LogP contribution in [0.4, 0.5) is 0 Å². The highest BCUT2D eigenvalue weighted by atomic mass is 15.2. The molecule has 0 bridgehead atoms. The summed E-state index contributed by atoms with van der Waals surface area (Å²) in [5.74, 6) is 0.953. The van der Waals surface area contributed by atoms with E-state index in [1.807, 2.05) is 0 Å². The molecule has 2 aliphatic rings. The molecule has 19 heavy (non-hydrogen) atoms. The van der Waals surface area contributed by atoms with Gasteiger partial charge in [0.15, 0.2) is 0 Å². The second-order valence-corrected chi connectivity index (χ2v) is 6.27. The van der Waals surface area contributed by atoms with Gasteiger partial charge < -0.3 is 5.32 Å². The van der Waals surface area contributed by atoms with Gasteiger partial charge in [-0.05, 0) is 43.2 Å². The molecule has 1 aromatic rings. The normalized spacial score (nSPS) is 28.5. The van der Waals surface area contributed by atoms with Crippen LogP contribution in [0.5, 0.6) is 0 Å². The van der Waals surface area contributed by atoms with Crippen LogP contribution in [0.2, 0.25) is 0 Å². The monoisotopic (exact) mass is 258 g/mol. The van der Waals surface area contributed by atoms with E-state index in [1.54, 1.807) is 0 Å². The van der Waals surface area contributed by atoms with Gasteiger partial charge in [0.25, 0.3) is 0 Å². The Hall–Kier alpha value is -0.860. The predicted octanol–water partition coefficient (Wildman–Crippen LogP) is 2.96. The molecule has 104 valence electrons. The summed E-state index contributed by atoms with van der Waals surface area (Å²) < 4.78 is 0. The van der Waals surface area contributed by atoms with Crippen molar-refractivity contribution in [3.8, 4) is 0 Å². The van der Waals surface area contributed by atoms with Gasteiger partial charge in [-0.25, -0.2) is 0 Å². The van der Waals surface area contributed by atoms with Crippen LogP contribution < -0.4 is 5.32 Å². The average Bonchev–Trinajstić information content (AvgIpc) is 3.26. The van der Waals surface area contributed by atoms with Crippen LogP contribution in [0.15, 0.2) is 24.3 Å². The molecule has 2 unspecified atom stereocenters. The summed E-state index contributed by atoms with van der Waals surface area (Å²) in [5, 5.41) is 3.73. The fraction of sp³-hybridized carbons (Fsp3) is 0.647. The van der Waals surface area contributed by atoms with Gasteiger partial charge >= 0.3 is 0 Å². The van der Waals surface area contributed by atoms with Gasteiger partial charge in [-0.2, -0.15) is 0 Å². The highest BCUT2D eigenvalue weighted by Crippen LogP contribution is 2.37. The number of nitrogens with one attached hydrogen (secondary N) is 1. The van der Waals surface area contributed by atoms with E-state index in [2.05, 4.69) is 48.3 Å². The lowest BCUT2D eigenvalue weighted by atomic mass is 10.0. The molecule has 2 atom stereocenters. The van der Waals surface area contributed by atoms with Crippen LogP contribution in [-0.2, 0) is 6.54 Å². The molecule has 1 aliphatic carbocycles. The molecule has 1 aliphatic heterocycles. The number of aryl methyl sites for hydroxylation is 1. The standard InChI is InChI=1S/C17H26N2/c1-3-16-12-19(17(10-18-16)14-8-9-14)11-15-7-5-4-6-13(15)2/h4-7,14,16-18H,3,8-12H2,1-2H3. The summed E-state index contributed by atoms with van der Waals surface area (Å²) in [6.07, 6.45) is 4.11. The van der Waals surface area contributed by atoms with Gasteiger partial charge in [0.1, 0.15) is 0 Å². The topological polar surface area (TPSA) is 15.3 Å². The van der Waals surface area contributed by atoms with Crippen LogP contribution in [0.25, 0.3) is 0 Å². The van der Waals surface area contributed by atoms with E-state index in [1.165, 1.54) is 43.5 Å². The molecule has 1 saturated carbocycles. The Bertz CT molecular complexity index is 425. The van der Waals surface area contributed by atoms with Crippen molar-refractivity contribution < 1.29 is 0 Å². The summed E-state index contributed by atoms with van der Waals surface area (Å²) in [7, 11) is 0. The Morgan fingerprint density at radius 2 is 2.05 bits per heavy atom. The number of benzene rings is 1. The fourth-order valence-corrected chi connectivity index (χ4v) is 3.31. The number of hydrogen-bond acceptors (Lipinski definition) is 2. The molecule has 2 heteroatoms. The van der Waals surface area contributed by atoms with E-state index >= 15 is 0 Å². The highest BCUT2D eigenvalue weighted by Gasteiger charge is 2.38. The van der Waals surface area contributed by atoms with Crippen LogP contribution in [-0.4, -0.2) is 30.1 Å². The second kappa shape index (κ2) is 5.64. The summed E-state index contributed by atoms with van der Waals surface area (Å²) in [4.78, 5) is 2.74. The molecule has 2 fully saturated rings.